The van der Waals surface area contributed by atoms with Crippen molar-refractivity contribution in [2.45, 2.75) is 409 Å². The largest absolute Gasteiger partial charge is 0.469 e. The van der Waals surface area contributed by atoms with Crippen molar-refractivity contribution in [3.8, 4) is 0 Å². The molecular weight excluding hydrogens is 1550 g/mol. The molecule has 20 bridgehead atoms. The lowest BCUT2D eigenvalue weighted by atomic mass is 9.50. The molecule has 0 aromatic rings. The molecule has 22 aliphatic rings. The number of carbonyl (C=O) groups is 9. The summed E-state index contributed by atoms with van der Waals surface area (Å²) in [7, 11) is 1.31. The molecule has 686 valence electrons. The minimum absolute atomic E-state index is 0.0185. The smallest absolute Gasteiger partial charge is 0.312 e. The minimum Gasteiger partial charge on any atom is -0.469 e. The Bertz CT molecular complexity index is 3830. The van der Waals surface area contributed by atoms with Gasteiger partial charge in [0.15, 0.2) is 12.2 Å². The van der Waals surface area contributed by atoms with Gasteiger partial charge >= 0.3 is 53.7 Å². The van der Waals surface area contributed by atoms with Crippen LogP contribution in [0.1, 0.15) is 344 Å². The van der Waals surface area contributed by atoms with Crippen molar-refractivity contribution in [2.24, 2.45) is 169 Å². The fraction of sp³-hybridized carbons (Fsp3) is 0.912. The molecule has 22 fully saturated rings. The van der Waals surface area contributed by atoms with Crippen molar-refractivity contribution in [2.75, 3.05) is 7.11 Å². The number of methoxy groups -OCH3 is 1. The predicted octanol–water partition coefficient (Wildman–Crippen LogP) is 19.2. The highest BCUT2D eigenvalue weighted by Gasteiger charge is 2.73. The molecule has 4 heterocycles. The molecule has 27 unspecified atom stereocenters. The molecule has 122 heavy (non-hydrogen) atoms. The second-order valence-corrected chi connectivity index (χ2v) is 47.9. The summed E-state index contributed by atoms with van der Waals surface area (Å²) in [5.41, 5.74) is -3.85. The van der Waals surface area contributed by atoms with Gasteiger partial charge in [-0.25, -0.2) is 0 Å². The lowest BCUT2D eigenvalue weighted by Crippen LogP contribution is -2.61. The summed E-state index contributed by atoms with van der Waals surface area (Å²) in [6.45, 7) is 42.3. The summed E-state index contributed by atoms with van der Waals surface area (Å²) in [5, 5.41) is 10.6. The third-order valence-electron chi connectivity index (χ3n) is 38.8. The van der Waals surface area contributed by atoms with Crippen LogP contribution < -0.4 is 0 Å². The maximum Gasteiger partial charge on any atom is 0.312 e. The normalized spacial score (nSPS) is 44.5. The van der Waals surface area contributed by atoms with Gasteiger partial charge in [-0.1, -0.05) is 55.4 Å². The topological polar surface area (TPSA) is 266 Å². The second kappa shape index (κ2) is 33.0. The molecule has 18 saturated carbocycles. The first-order chi connectivity index (χ1) is 57.2. The van der Waals surface area contributed by atoms with Crippen LogP contribution in [0.3, 0.4) is 0 Å². The highest BCUT2D eigenvalue weighted by atomic mass is 16.7. The summed E-state index contributed by atoms with van der Waals surface area (Å²) >= 11 is 0. The Kier molecular flexibility index (Phi) is 24.8. The van der Waals surface area contributed by atoms with Crippen molar-refractivity contribution in [1.29, 1.82) is 0 Å². The van der Waals surface area contributed by atoms with Gasteiger partial charge in [-0.3, -0.25) is 43.2 Å². The van der Waals surface area contributed by atoms with Gasteiger partial charge in [-0.2, -0.15) is 0 Å². The van der Waals surface area contributed by atoms with E-state index in [0.717, 1.165) is 148 Å². The van der Waals surface area contributed by atoms with Crippen LogP contribution in [0.15, 0.2) is 0 Å². The van der Waals surface area contributed by atoms with Crippen molar-refractivity contribution >= 4 is 53.7 Å². The van der Waals surface area contributed by atoms with E-state index in [0.29, 0.717) is 67.6 Å². The zero-order valence-electron chi connectivity index (χ0n) is 78.9. The van der Waals surface area contributed by atoms with Crippen molar-refractivity contribution in [1.82, 2.24) is 0 Å². The Hall–Kier alpha value is -4.85. The van der Waals surface area contributed by atoms with Crippen LogP contribution in [-0.2, 0) is 90.5 Å². The second-order valence-electron chi connectivity index (χ2n) is 47.9. The average molecular weight is 1700 g/mol. The monoisotopic (exact) mass is 1700 g/mol. The van der Waals surface area contributed by atoms with E-state index in [9.17, 15) is 48.3 Å². The van der Waals surface area contributed by atoms with Crippen molar-refractivity contribution in [3.05, 3.63) is 0 Å². The number of rotatable bonds is 21. The molecule has 0 amide bonds. The SMILES string of the molecule is CCC(C)(C)C(=O)OC1(C)C2CC3CC(C2)CC1C3.CCC(C)(C)C(=O)OC1(CC)CC2CC1C1C3CCC(C3)C21.CCC(C)(C)C(=O)OC1(CC)CC2CC1C1C3CCC(C3)C21.CCC(C)(C)C(=O)OC12CC3CC(CC(O)(C3)C1)C2.CCC(C)(C)C(=O)OC1C2CC3C(=O)OC1C3O2.CCC(C)(C)C(=O)OC1C2CC3C1OC(=O)C3C2C(=O)OC. The van der Waals surface area contributed by atoms with Gasteiger partial charge in [0.2, 0.25) is 0 Å². The molecule has 20 heteroatoms. The van der Waals surface area contributed by atoms with E-state index in [1.165, 1.54) is 97.0 Å². The van der Waals surface area contributed by atoms with Gasteiger partial charge < -0.3 is 52.5 Å². The summed E-state index contributed by atoms with van der Waals surface area (Å²) in [6, 6.07) is 0. The first-order valence-corrected chi connectivity index (χ1v) is 49.4. The summed E-state index contributed by atoms with van der Waals surface area (Å²) < 4.78 is 57.1. The summed E-state index contributed by atoms with van der Waals surface area (Å²) in [5.74, 6) is 12.1. The molecule has 4 aliphatic heterocycles. The van der Waals surface area contributed by atoms with E-state index in [-0.39, 0.29) is 116 Å². The first kappa shape index (κ1) is 91.9. The van der Waals surface area contributed by atoms with E-state index in [1.807, 2.05) is 104 Å². The number of hydrogen-bond donors (Lipinski definition) is 1. The van der Waals surface area contributed by atoms with Crippen LogP contribution in [-0.4, -0.2) is 131 Å². The van der Waals surface area contributed by atoms with Gasteiger partial charge in [0.25, 0.3) is 0 Å². The Labute approximate surface area is 730 Å². The number of ether oxygens (including phenoxy) is 10. The van der Waals surface area contributed by atoms with E-state index < -0.39 is 64.1 Å². The Morgan fingerprint density at radius 3 is 1.24 bits per heavy atom. The Morgan fingerprint density at radius 2 is 0.811 bits per heavy atom. The van der Waals surface area contributed by atoms with Crippen LogP contribution in [0.4, 0.5) is 0 Å². The maximum absolute atomic E-state index is 12.7. The summed E-state index contributed by atoms with van der Waals surface area (Å²) in [6.07, 6.45) is 32.0. The molecule has 0 radical (unpaired) electrons. The molecule has 18 aliphatic carbocycles. The molecule has 20 nitrogen and oxygen atoms in total. The third kappa shape index (κ3) is 15.9. The molecule has 1 N–H and O–H groups in total. The van der Waals surface area contributed by atoms with Gasteiger partial charge in [0.05, 0.1) is 69.1 Å². The van der Waals surface area contributed by atoms with Crippen LogP contribution >= 0.6 is 0 Å². The van der Waals surface area contributed by atoms with Crippen LogP contribution in [0.2, 0.25) is 0 Å². The number of carbonyl (C=O) groups excluding carboxylic acids is 9. The predicted molar refractivity (Wildman–Crippen MR) is 458 cm³/mol. The van der Waals surface area contributed by atoms with E-state index in [1.54, 1.807) is 0 Å². The average Bonchev–Trinajstić information content (AvgIpc) is 1.50. The van der Waals surface area contributed by atoms with Gasteiger partial charge in [-0.15, -0.1) is 0 Å². The molecule has 22 rings (SSSR count). The standard InChI is InChI=1S/2C20H32O2.C17H28O2.C16H22O6.C16H26O3.C13H18O5/c2*1-5-19(3,4)18(21)22-20(6-2)11-14-10-15(20)17-13-8-7-12(9-13)16(14)17;1-5-16(2,3)15(18)19-17(4)13-7-11-6-12(9-13)10-14(17)8-11;1-5-16(2,3)15(19)22-12-7-6-8-10(9(7)13(17)20-4)14(18)21-11(8)12;1-4-14(2,3)13(17)19-16-8-11-5-12(9-16)7-15(18,6-11)10-16;1-4-13(2,3)12(15)18-9-7-5-6-8(16-7)10(9)17-11(6)14/h2*12-17H,5-11H2,1-4H3;11-14H,5-10H2,1-4H3;7-12H,5-6H2,1-4H3;11-12,18H,4-10H2,1-3H3;6-10H,4-5H2,1-3H3. The van der Waals surface area contributed by atoms with Crippen LogP contribution in [0.5, 0.6) is 0 Å². The lowest BCUT2D eigenvalue weighted by molar-refractivity contribution is -0.225. The molecule has 0 aromatic heterocycles. The summed E-state index contributed by atoms with van der Waals surface area (Å²) in [4.78, 5) is 110. The van der Waals surface area contributed by atoms with Gasteiger partial charge in [-0.05, 0) is 377 Å². The van der Waals surface area contributed by atoms with Crippen LogP contribution in [0, 0.1) is 169 Å². The minimum atomic E-state index is -0.593. The van der Waals surface area contributed by atoms with Crippen molar-refractivity contribution < 1.29 is 95.6 Å². The first-order valence-electron chi connectivity index (χ1n) is 49.4. The quantitative estimate of drug-likeness (QED) is 0.0635. The zero-order valence-corrected chi connectivity index (χ0v) is 78.9. The number of esters is 9. The highest BCUT2D eigenvalue weighted by molar-refractivity contribution is 5.87. The lowest BCUT2D eigenvalue weighted by Gasteiger charge is -2.59. The number of fused-ring (bicyclic) bond motifs is 20. The molecular formula is C102H158O20. The van der Waals surface area contributed by atoms with Gasteiger partial charge in [0.1, 0.15) is 40.7 Å². The number of hydrogen-bond acceptors (Lipinski definition) is 20. The van der Waals surface area contributed by atoms with Crippen molar-refractivity contribution in [3.63, 3.8) is 0 Å². The zero-order chi connectivity index (χ0) is 88.4. The molecule has 27 atom stereocenters. The molecule has 0 aromatic carbocycles. The maximum atomic E-state index is 12.7. The molecule has 4 saturated heterocycles. The Balaban J connectivity index is 0.000000114. The van der Waals surface area contributed by atoms with Gasteiger partial charge in [0, 0.05) is 30.1 Å². The fourth-order valence-electron chi connectivity index (χ4n) is 29.9. The highest BCUT2D eigenvalue weighted by Crippen LogP contribution is 2.73. The van der Waals surface area contributed by atoms with Crippen LogP contribution in [0.25, 0.3) is 0 Å². The van der Waals surface area contributed by atoms with E-state index >= 15 is 0 Å². The molecule has 0 spiro atoms. The fourth-order valence-corrected chi connectivity index (χ4v) is 29.9. The van der Waals surface area contributed by atoms with E-state index in [2.05, 4.69) is 41.5 Å². The van der Waals surface area contributed by atoms with E-state index in [4.69, 9.17) is 47.4 Å². The third-order valence-corrected chi connectivity index (χ3v) is 38.8. The Morgan fingerprint density at radius 1 is 0.410 bits per heavy atom. The number of aliphatic hydroxyl groups is 1.